The van der Waals surface area contributed by atoms with Crippen molar-refractivity contribution in [2.75, 3.05) is 20.2 Å². The second-order valence-corrected chi connectivity index (χ2v) is 8.36. The van der Waals surface area contributed by atoms with E-state index in [1.807, 2.05) is 12.1 Å². The topological polar surface area (TPSA) is 79.6 Å². The van der Waals surface area contributed by atoms with Gasteiger partial charge in [-0.05, 0) is 54.8 Å². The summed E-state index contributed by atoms with van der Waals surface area (Å²) < 4.78 is 38.3. The number of piperidine rings is 1. The zero-order chi connectivity index (χ0) is 19.3. The van der Waals surface area contributed by atoms with Crippen LogP contribution in [0.2, 0.25) is 0 Å². The Labute approximate surface area is 160 Å². The lowest BCUT2D eigenvalue weighted by molar-refractivity contribution is 0.00811. The van der Waals surface area contributed by atoms with Crippen LogP contribution in [0.15, 0.2) is 53.4 Å². The Balaban J connectivity index is 1.63. The van der Waals surface area contributed by atoms with Gasteiger partial charge in [0.15, 0.2) is 0 Å². The van der Waals surface area contributed by atoms with Crippen LogP contribution in [0.4, 0.5) is 0 Å². The van der Waals surface area contributed by atoms with Crippen LogP contribution in [-0.2, 0) is 21.4 Å². The maximum atomic E-state index is 12.9. The Morgan fingerprint density at radius 3 is 2.48 bits per heavy atom. The third-order valence-corrected chi connectivity index (χ3v) is 6.49. The van der Waals surface area contributed by atoms with Gasteiger partial charge in [0.1, 0.15) is 5.75 Å². The van der Waals surface area contributed by atoms with Gasteiger partial charge in [-0.15, -0.1) is 0 Å². The van der Waals surface area contributed by atoms with Gasteiger partial charge in [-0.3, -0.25) is 0 Å². The predicted octanol–water partition coefficient (Wildman–Crippen LogP) is 2.94. The number of nitrogens with zero attached hydrogens (tertiary/aromatic N) is 2. The first-order chi connectivity index (χ1) is 13.0. The maximum absolute atomic E-state index is 12.9. The van der Waals surface area contributed by atoms with Gasteiger partial charge in [-0.25, -0.2) is 8.42 Å². The van der Waals surface area contributed by atoms with Crippen LogP contribution in [-0.4, -0.2) is 39.0 Å². The van der Waals surface area contributed by atoms with Crippen LogP contribution >= 0.6 is 0 Å². The normalized spacial score (nSPS) is 18.0. The number of hydrogen-bond donors (Lipinski definition) is 0. The highest BCUT2D eigenvalue weighted by Crippen LogP contribution is 2.24. The van der Waals surface area contributed by atoms with Crippen LogP contribution in [0.1, 0.15) is 24.0 Å². The summed E-state index contributed by atoms with van der Waals surface area (Å²) in [6.07, 6.45) is 1.43. The van der Waals surface area contributed by atoms with Crippen molar-refractivity contribution in [2.45, 2.75) is 30.4 Å². The first kappa shape index (κ1) is 19.4. The van der Waals surface area contributed by atoms with Gasteiger partial charge >= 0.3 is 0 Å². The summed E-state index contributed by atoms with van der Waals surface area (Å²) in [5.41, 5.74) is 1.57. The number of nitriles is 1. The molecule has 1 atom stereocenters. The van der Waals surface area contributed by atoms with Gasteiger partial charge in [0.2, 0.25) is 10.0 Å². The highest BCUT2D eigenvalue weighted by atomic mass is 32.2. The number of ether oxygens (including phenoxy) is 2. The molecule has 0 radical (unpaired) electrons. The van der Waals surface area contributed by atoms with Crippen molar-refractivity contribution in [3.8, 4) is 11.8 Å². The number of benzene rings is 2. The van der Waals surface area contributed by atoms with E-state index in [1.165, 1.54) is 4.31 Å². The monoisotopic (exact) mass is 386 g/mol. The molecule has 0 amide bonds. The van der Waals surface area contributed by atoms with E-state index < -0.39 is 10.0 Å². The molecule has 0 aliphatic carbocycles. The minimum Gasteiger partial charge on any atom is -0.497 e. The molecule has 142 valence electrons. The molecule has 0 saturated carbocycles. The van der Waals surface area contributed by atoms with Crippen LogP contribution in [0.25, 0.3) is 0 Å². The summed E-state index contributed by atoms with van der Waals surface area (Å²) >= 11 is 0. The molecular weight excluding hydrogens is 364 g/mol. The quantitative estimate of drug-likeness (QED) is 0.763. The van der Waals surface area contributed by atoms with Crippen LogP contribution in [0, 0.1) is 11.3 Å². The lowest BCUT2D eigenvalue weighted by Gasteiger charge is -2.32. The van der Waals surface area contributed by atoms with Crippen molar-refractivity contribution in [1.29, 1.82) is 5.26 Å². The van der Waals surface area contributed by atoms with Crippen molar-refractivity contribution >= 4 is 10.0 Å². The Morgan fingerprint density at radius 1 is 1.15 bits per heavy atom. The summed E-state index contributed by atoms with van der Waals surface area (Å²) in [5.74, 6) is 0.622. The lowest BCUT2D eigenvalue weighted by Crippen LogP contribution is -2.43. The lowest BCUT2D eigenvalue weighted by atomic mass is 10.1. The molecule has 1 aliphatic rings. The minimum atomic E-state index is -3.55. The van der Waals surface area contributed by atoms with Gasteiger partial charge in [0, 0.05) is 13.1 Å². The zero-order valence-electron chi connectivity index (χ0n) is 15.2. The molecule has 27 heavy (non-hydrogen) atoms. The van der Waals surface area contributed by atoms with Crippen molar-refractivity contribution in [2.24, 2.45) is 0 Å². The third-order valence-electron chi connectivity index (χ3n) is 4.61. The molecule has 1 fully saturated rings. The third kappa shape index (κ3) is 4.66. The van der Waals surface area contributed by atoms with E-state index in [0.717, 1.165) is 18.4 Å². The molecule has 1 saturated heterocycles. The Morgan fingerprint density at radius 2 is 1.85 bits per heavy atom. The second kappa shape index (κ2) is 8.53. The average Bonchev–Trinajstić information content (AvgIpc) is 2.73. The first-order valence-electron chi connectivity index (χ1n) is 8.78. The van der Waals surface area contributed by atoms with E-state index in [4.69, 9.17) is 14.7 Å². The van der Waals surface area contributed by atoms with Crippen LogP contribution < -0.4 is 4.74 Å². The van der Waals surface area contributed by atoms with E-state index in [0.29, 0.717) is 31.0 Å². The molecule has 6 nitrogen and oxygen atoms in total. The molecule has 1 unspecified atom stereocenters. The van der Waals surface area contributed by atoms with E-state index in [1.54, 1.807) is 43.5 Å². The number of sulfonamides is 1. The molecule has 3 rings (SSSR count). The number of hydrogen-bond acceptors (Lipinski definition) is 5. The fourth-order valence-electron chi connectivity index (χ4n) is 3.05. The maximum Gasteiger partial charge on any atom is 0.243 e. The molecule has 1 aliphatic heterocycles. The summed E-state index contributed by atoms with van der Waals surface area (Å²) in [6, 6.07) is 15.7. The standard InChI is InChI=1S/C20H22N2O4S/c1-25-18-8-10-20(11-9-18)27(23,24)22-12-2-3-19(14-22)26-15-17-6-4-16(13-21)5-7-17/h4-11,19H,2-3,12,14-15H2,1H3. The van der Waals surface area contributed by atoms with Crippen LogP contribution in [0.5, 0.6) is 5.75 Å². The van der Waals surface area contributed by atoms with Gasteiger partial charge < -0.3 is 9.47 Å². The summed E-state index contributed by atoms with van der Waals surface area (Å²) in [5, 5.41) is 8.84. The Bertz CT molecular complexity index is 902. The molecule has 2 aromatic rings. The van der Waals surface area contributed by atoms with Gasteiger partial charge in [-0.2, -0.15) is 9.57 Å². The number of methoxy groups -OCH3 is 1. The molecule has 2 aromatic carbocycles. The van der Waals surface area contributed by atoms with E-state index in [2.05, 4.69) is 6.07 Å². The molecule has 0 N–H and O–H groups in total. The Kier molecular flexibility index (Phi) is 6.11. The van der Waals surface area contributed by atoms with Crippen molar-refractivity contribution in [3.05, 3.63) is 59.7 Å². The second-order valence-electron chi connectivity index (χ2n) is 6.42. The molecule has 1 heterocycles. The van der Waals surface area contributed by atoms with E-state index in [9.17, 15) is 8.42 Å². The van der Waals surface area contributed by atoms with Gasteiger partial charge in [-0.1, -0.05) is 12.1 Å². The smallest absolute Gasteiger partial charge is 0.243 e. The largest absolute Gasteiger partial charge is 0.497 e. The van der Waals surface area contributed by atoms with E-state index >= 15 is 0 Å². The molecule has 0 aromatic heterocycles. The highest BCUT2D eigenvalue weighted by Gasteiger charge is 2.30. The molecule has 0 spiro atoms. The fraction of sp³-hybridized carbons (Fsp3) is 0.350. The van der Waals surface area contributed by atoms with Crippen molar-refractivity contribution in [3.63, 3.8) is 0 Å². The Hall–Kier alpha value is -2.40. The van der Waals surface area contributed by atoms with Crippen LogP contribution in [0.3, 0.4) is 0 Å². The molecular formula is C20H22N2O4S. The number of rotatable bonds is 6. The molecule has 0 bridgehead atoms. The first-order valence-corrected chi connectivity index (χ1v) is 10.2. The zero-order valence-corrected chi connectivity index (χ0v) is 16.0. The summed E-state index contributed by atoms with van der Waals surface area (Å²) in [4.78, 5) is 0.260. The molecule has 7 heteroatoms. The van der Waals surface area contributed by atoms with Gasteiger partial charge in [0.05, 0.1) is 36.3 Å². The van der Waals surface area contributed by atoms with Gasteiger partial charge in [0.25, 0.3) is 0 Å². The SMILES string of the molecule is COc1ccc(S(=O)(=O)N2CCCC(OCc3ccc(C#N)cc3)C2)cc1. The minimum absolute atomic E-state index is 0.151. The summed E-state index contributed by atoms with van der Waals surface area (Å²) in [6.45, 7) is 1.22. The fourth-order valence-corrected chi connectivity index (χ4v) is 4.56. The van der Waals surface area contributed by atoms with E-state index in [-0.39, 0.29) is 11.0 Å². The summed E-state index contributed by atoms with van der Waals surface area (Å²) in [7, 11) is -2.00. The highest BCUT2D eigenvalue weighted by molar-refractivity contribution is 7.89. The average molecular weight is 386 g/mol. The predicted molar refractivity (Wildman–Crippen MR) is 101 cm³/mol. The van der Waals surface area contributed by atoms with Crippen molar-refractivity contribution in [1.82, 2.24) is 4.31 Å². The van der Waals surface area contributed by atoms with Crippen molar-refractivity contribution < 1.29 is 17.9 Å².